The van der Waals surface area contributed by atoms with Crippen LogP contribution in [0.25, 0.3) is 0 Å². The summed E-state index contributed by atoms with van der Waals surface area (Å²) in [6.45, 7) is 2.96. The second-order valence-electron chi connectivity index (χ2n) is 6.00. The number of benzene rings is 3. The maximum absolute atomic E-state index is 12.9. The molecule has 3 aromatic rings. The summed E-state index contributed by atoms with van der Waals surface area (Å²) < 4.78 is 11.2. The van der Waals surface area contributed by atoms with E-state index >= 15 is 0 Å². The van der Waals surface area contributed by atoms with Crippen LogP contribution < -0.4 is 14.4 Å². The van der Waals surface area contributed by atoms with Gasteiger partial charge in [-0.05, 0) is 36.8 Å². The number of anilines is 1. The van der Waals surface area contributed by atoms with Crippen LogP contribution in [0.15, 0.2) is 84.9 Å². The Hall–Kier alpha value is -3.27. The first-order valence-corrected chi connectivity index (χ1v) is 9.01. The molecular formula is C23H23NO3. The Bertz CT molecular complexity index is 850. The van der Waals surface area contributed by atoms with Crippen molar-refractivity contribution in [3.8, 4) is 11.5 Å². The average molecular weight is 361 g/mol. The highest BCUT2D eigenvalue weighted by molar-refractivity contribution is 5.94. The molecule has 0 heterocycles. The number of rotatable bonds is 8. The molecule has 0 aliphatic rings. The van der Waals surface area contributed by atoms with Crippen molar-refractivity contribution >= 4 is 11.6 Å². The summed E-state index contributed by atoms with van der Waals surface area (Å²) in [6, 6.07) is 26.9. The van der Waals surface area contributed by atoms with Crippen molar-refractivity contribution in [3.63, 3.8) is 0 Å². The van der Waals surface area contributed by atoms with E-state index in [1.165, 1.54) is 0 Å². The van der Waals surface area contributed by atoms with Crippen LogP contribution in [0.1, 0.15) is 12.5 Å². The number of amides is 1. The molecule has 3 aromatic carbocycles. The van der Waals surface area contributed by atoms with Crippen LogP contribution in [0.3, 0.4) is 0 Å². The van der Waals surface area contributed by atoms with Crippen molar-refractivity contribution < 1.29 is 14.3 Å². The zero-order chi connectivity index (χ0) is 18.9. The van der Waals surface area contributed by atoms with Crippen LogP contribution in [0.4, 0.5) is 5.69 Å². The van der Waals surface area contributed by atoms with E-state index in [0.29, 0.717) is 18.9 Å². The van der Waals surface area contributed by atoms with Gasteiger partial charge in [0.25, 0.3) is 5.91 Å². The molecule has 1 amide bonds. The Balaban J connectivity index is 1.72. The van der Waals surface area contributed by atoms with Gasteiger partial charge in [0.15, 0.2) is 6.61 Å². The van der Waals surface area contributed by atoms with E-state index in [9.17, 15) is 4.79 Å². The fraction of sp³-hybridized carbons (Fsp3) is 0.174. The number of carbonyl (C=O) groups excluding carboxylic acids is 1. The highest BCUT2D eigenvalue weighted by Crippen LogP contribution is 2.21. The zero-order valence-corrected chi connectivity index (χ0v) is 15.4. The molecule has 0 N–H and O–H groups in total. The number of para-hydroxylation sites is 1. The standard InChI is InChI=1S/C23H23NO3/c1-2-26-21-14-9-15-22(16-21)27-18-23(25)24(20-12-7-4-8-13-20)17-19-10-5-3-6-11-19/h3-16H,2,17-18H2,1H3. The summed E-state index contributed by atoms with van der Waals surface area (Å²) in [4.78, 5) is 14.6. The van der Waals surface area contributed by atoms with Gasteiger partial charge in [0.05, 0.1) is 13.2 Å². The summed E-state index contributed by atoms with van der Waals surface area (Å²) in [5.74, 6) is 1.24. The lowest BCUT2D eigenvalue weighted by Gasteiger charge is -2.23. The second kappa shape index (κ2) is 9.43. The van der Waals surface area contributed by atoms with Gasteiger partial charge in [-0.1, -0.05) is 54.6 Å². The Morgan fingerprint density at radius 1 is 0.815 bits per heavy atom. The number of hydrogen-bond acceptors (Lipinski definition) is 3. The minimum atomic E-state index is -0.105. The molecule has 27 heavy (non-hydrogen) atoms. The van der Waals surface area contributed by atoms with E-state index in [-0.39, 0.29) is 12.5 Å². The van der Waals surface area contributed by atoms with Crippen molar-refractivity contribution in [2.24, 2.45) is 0 Å². The fourth-order valence-electron chi connectivity index (χ4n) is 2.74. The summed E-state index contributed by atoms with van der Waals surface area (Å²) in [7, 11) is 0. The molecule has 0 bridgehead atoms. The van der Waals surface area contributed by atoms with E-state index in [2.05, 4.69) is 0 Å². The molecule has 0 radical (unpaired) electrons. The van der Waals surface area contributed by atoms with Gasteiger partial charge >= 0.3 is 0 Å². The SMILES string of the molecule is CCOc1cccc(OCC(=O)N(Cc2ccccc2)c2ccccc2)c1. The number of ether oxygens (including phenoxy) is 2. The highest BCUT2D eigenvalue weighted by Gasteiger charge is 2.17. The third-order valence-corrected chi connectivity index (χ3v) is 4.03. The summed E-state index contributed by atoms with van der Waals surface area (Å²) in [5.41, 5.74) is 1.91. The molecule has 0 fully saturated rings. The van der Waals surface area contributed by atoms with E-state index < -0.39 is 0 Å². The molecule has 4 nitrogen and oxygen atoms in total. The lowest BCUT2D eigenvalue weighted by Crippen LogP contribution is -2.34. The van der Waals surface area contributed by atoms with Crippen LogP contribution in [-0.2, 0) is 11.3 Å². The molecule has 4 heteroatoms. The monoisotopic (exact) mass is 361 g/mol. The molecule has 0 aromatic heterocycles. The van der Waals surface area contributed by atoms with Crippen molar-refractivity contribution in [2.45, 2.75) is 13.5 Å². The predicted octanol–water partition coefficient (Wildman–Crippen LogP) is 4.70. The van der Waals surface area contributed by atoms with Crippen molar-refractivity contribution in [1.29, 1.82) is 0 Å². The topological polar surface area (TPSA) is 38.8 Å². The second-order valence-corrected chi connectivity index (χ2v) is 6.00. The van der Waals surface area contributed by atoms with E-state index in [1.54, 1.807) is 11.0 Å². The first-order valence-electron chi connectivity index (χ1n) is 9.01. The van der Waals surface area contributed by atoms with Gasteiger partial charge < -0.3 is 14.4 Å². The average Bonchev–Trinajstić information content (AvgIpc) is 2.72. The van der Waals surface area contributed by atoms with E-state index in [4.69, 9.17) is 9.47 Å². The number of nitrogens with zero attached hydrogens (tertiary/aromatic N) is 1. The summed E-state index contributed by atoms with van der Waals surface area (Å²) in [6.07, 6.45) is 0. The third kappa shape index (κ3) is 5.35. The zero-order valence-electron chi connectivity index (χ0n) is 15.4. The Morgan fingerprint density at radius 2 is 1.44 bits per heavy atom. The molecule has 0 spiro atoms. The lowest BCUT2D eigenvalue weighted by atomic mass is 10.2. The molecule has 0 unspecified atom stereocenters. The van der Waals surface area contributed by atoms with Gasteiger partial charge in [-0.15, -0.1) is 0 Å². The largest absolute Gasteiger partial charge is 0.494 e. The number of hydrogen-bond donors (Lipinski definition) is 0. The summed E-state index contributed by atoms with van der Waals surface area (Å²) >= 11 is 0. The Kier molecular flexibility index (Phi) is 6.47. The number of carbonyl (C=O) groups is 1. The Labute approximate surface area is 160 Å². The first kappa shape index (κ1) is 18.5. The van der Waals surface area contributed by atoms with Gasteiger partial charge in [0.2, 0.25) is 0 Å². The molecule has 0 saturated carbocycles. The molecule has 0 saturated heterocycles. The van der Waals surface area contributed by atoms with Crippen LogP contribution in [-0.4, -0.2) is 19.1 Å². The highest BCUT2D eigenvalue weighted by atomic mass is 16.5. The maximum Gasteiger partial charge on any atom is 0.265 e. The van der Waals surface area contributed by atoms with E-state index in [0.717, 1.165) is 17.0 Å². The van der Waals surface area contributed by atoms with Crippen molar-refractivity contribution in [3.05, 3.63) is 90.5 Å². The molecule has 0 aliphatic carbocycles. The lowest BCUT2D eigenvalue weighted by molar-refractivity contribution is -0.120. The van der Waals surface area contributed by atoms with Crippen molar-refractivity contribution in [2.75, 3.05) is 18.1 Å². The molecule has 0 atom stereocenters. The Morgan fingerprint density at radius 3 is 2.11 bits per heavy atom. The first-order chi connectivity index (χ1) is 13.3. The minimum absolute atomic E-state index is 0.0443. The van der Waals surface area contributed by atoms with Crippen LogP contribution in [0.5, 0.6) is 11.5 Å². The van der Waals surface area contributed by atoms with Crippen LogP contribution in [0.2, 0.25) is 0 Å². The van der Waals surface area contributed by atoms with Gasteiger partial charge in [0.1, 0.15) is 11.5 Å². The third-order valence-electron chi connectivity index (χ3n) is 4.03. The fourth-order valence-corrected chi connectivity index (χ4v) is 2.74. The van der Waals surface area contributed by atoms with Crippen molar-refractivity contribution in [1.82, 2.24) is 0 Å². The van der Waals surface area contributed by atoms with Gasteiger partial charge in [-0.2, -0.15) is 0 Å². The van der Waals surface area contributed by atoms with Gasteiger partial charge in [0, 0.05) is 11.8 Å². The van der Waals surface area contributed by atoms with E-state index in [1.807, 2.05) is 85.8 Å². The van der Waals surface area contributed by atoms with Gasteiger partial charge in [-0.3, -0.25) is 4.79 Å². The van der Waals surface area contributed by atoms with Crippen LogP contribution in [0, 0.1) is 0 Å². The maximum atomic E-state index is 12.9. The molecular weight excluding hydrogens is 338 g/mol. The quantitative estimate of drug-likeness (QED) is 0.584. The molecule has 0 aliphatic heterocycles. The predicted molar refractivity (Wildman–Crippen MR) is 107 cm³/mol. The minimum Gasteiger partial charge on any atom is -0.494 e. The molecule has 3 rings (SSSR count). The van der Waals surface area contributed by atoms with Gasteiger partial charge in [-0.25, -0.2) is 0 Å². The summed E-state index contributed by atoms with van der Waals surface area (Å²) in [5, 5.41) is 0. The molecule has 138 valence electrons. The normalized spacial score (nSPS) is 10.3. The van der Waals surface area contributed by atoms with Crippen LogP contribution >= 0.6 is 0 Å². The smallest absolute Gasteiger partial charge is 0.265 e.